The molecule has 0 aliphatic carbocycles. The Morgan fingerprint density at radius 1 is 1.00 bits per heavy atom. The molecule has 2 N–H and O–H groups in total. The van der Waals surface area contributed by atoms with Crippen LogP contribution in [0.3, 0.4) is 0 Å². The van der Waals surface area contributed by atoms with E-state index in [1.807, 2.05) is 43.3 Å². The van der Waals surface area contributed by atoms with Gasteiger partial charge in [0, 0.05) is 5.69 Å². The number of rotatable bonds is 8. The summed E-state index contributed by atoms with van der Waals surface area (Å²) in [7, 11) is 0. The zero-order valence-corrected chi connectivity index (χ0v) is 15.7. The number of amides is 2. The maximum atomic E-state index is 11.8. The average molecular weight is 367 g/mol. The molecule has 0 bridgehead atoms. The summed E-state index contributed by atoms with van der Waals surface area (Å²) >= 11 is 0. The summed E-state index contributed by atoms with van der Waals surface area (Å²) in [6.07, 6.45) is 4.82. The van der Waals surface area contributed by atoms with E-state index >= 15 is 0 Å². The third-order valence-corrected chi connectivity index (χ3v) is 3.79. The van der Waals surface area contributed by atoms with E-state index in [1.165, 1.54) is 6.21 Å². The van der Waals surface area contributed by atoms with Gasteiger partial charge in [0.15, 0.2) is 0 Å². The molecule has 0 saturated heterocycles. The van der Waals surface area contributed by atoms with Crippen molar-refractivity contribution < 1.29 is 14.3 Å². The van der Waals surface area contributed by atoms with Crippen molar-refractivity contribution in [2.45, 2.75) is 33.1 Å². The lowest BCUT2D eigenvalue weighted by atomic mass is 10.2. The number of nitrogens with zero attached hydrogens (tertiary/aromatic N) is 1. The highest BCUT2D eigenvalue weighted by Gasteiger charge is 2.12. The minimum Gasteiger partial charge on any atom is -0.494 e. The molecule has 2 amide bonds. The van der Waals surface area contributed by atoms with E-state index in [9.17, 15) is 9.59 Å². The lowest BCUT2D eigenvalue weighted by Gasteiger charge is -2.05. The first-order valence-corrected chi connectivity index (χ1v) is 9.02. The zero-order valence-electron chi connectivity index (χ0n) is 15.7. The molecule has 0 radical (unpaired) electrons. The Morgan fingerprint density at radius 2 is 1.70 bits per heavy atom. The third-order valence-electron chi connectivity index (χ3n) is 3.79. The Morgan fingerprint density at radius 3 is 2.37 bits per heavy atom. The van der Waals surface area contributed by atoms with E-state index in [0.717, 1.165) is 36.1 Å². The molecule has 0 saturated carbocycles. The van der Waals surface area contributed by atoms with Crippen LogP contribution in [-0.2, 0) is 9.59 Å². The van der Waals surface area contributed by atoms with Crippen LogP contribution < -0.4 is 15.5 Å². The molecule has 0 fully saturated rings. The van der Waals surface area contributed by atoms with Crippen molar-refractivity contribution in [1.29, 1.82) is 0 Å². The van der Waals surface area contributed by atoms with Crippen LogP contribution in [0.25, 0.3) is 0 Å². The summed E-state index contributed by atoms with van der Waals surface area (Å²) in [5.41, 5.74) is 4.62. The molecule has 2 aromatic carbocycles. The molecule has 0 spiro atoms. The lowest BCUT2D eigenvalue weighted by Crippen LogP contribution is -2.32. The molecule has 0 unspecified atom stereocenters. The van der Waals surface area contributed by atoms with Crippen LogP contribution >= 0.6 is 0 Å². The molecular weight excluding hydrogens is 342 g/mol. The van der Waals surface area contributed by atoms with Gasteiger partial charge in [0.1, 0.15) is 5.75 Å². The number of carbonyl (C=O) groups excluding carboxylic acids is 2. The van der Waals surface area contributed by atoms with Gasteiger partial charge in [-0.2, -0.15) is 5.10 Å². The number of carbonyl (C=O) groups is 2. The second kappa shape index (κ2) is 10.8. The van der Waals surface area contributed by atoms with Gasteiger partial charge in [-0.25, -0.2) is 5.43 Å². The second-order valence-corrected chi connectivity index (χ2v) is 6.14. The van der Waals surface area contributed by atoms with E-state index in [0.29, 0.717) is 12.3 Å². The van der Waals surface area contributed by atoms with Crippen LogP contribution in [-0.4, -0.2) is 24.6 Å². The second-order valence-electron chi connectivity index (χ2n) is 6.14. The minimum absolute atomic E-state index is 0.555. The van der Waals surface area contributed by atoms with Crippen LogP contribution in [0.2, 0.25) is 0 Å². The first kappa shape index (κ1) is 20.2. The Balaban J connectivity index is 1.77. The van der Waals surface area contributed by atoms with Gasteiger partial charge >= 0.3 is 11.8 Å². The number of unbranched alkanes of at least 4 members (excludes halogenated alkanes) is 2. The highest BCUT2D eigenvalue weighted by Crippen LogP contribution is 2.12. The number of benzene rings is 2. The third kappa shape index (κ3) is 7.32. The molecule has 6 heteroatoms. The molecule has 2 aromatic rings. The molecule has 0 heterocycles. The maximum absolute atomic E-state index is 11.8. The van der Waals surface area contributed by atoms with E-state index in [2.05, 4.69) is 22.8 Å². The van der Waals surface area contributed by atoms with Gasteiger partial charge in [-0.05, 0) is 55.3 Å². The Bertz CT molecular complexity index is 768. The predicted octanol–water partition coefficient (Wildman–Crippen LogP) is 3.65. The van der Waals surface area contributed by atoms with Crippen molar-refractivity contribution in [3.05, 3.63) is 59.7 Å². The standard InChI is InChI=1S/C21H25N3O3/c1-3-4-5-14-27-19-12-8-17(9-13-19)15-22-24-21(26)20(25)23-18-10-6-16(2)7-11-18/h6-13,15H,3-5,14H2,1-2H3,(H,23,25)(H,24,26)/b22-15-. The molecular formula is C21H25N3O3. The summed E-state index contributed by atoms with van der Waals surface area (Å²) in [6, 6.07) is 14.5. The SMILES string of the molecule is CCCCCOc1ccc(/C=N\NC(=O)C(=O)Nc2ccc(C)cc2)cc1. The number of aryl methyl sites for hydroxylation is 1. The molecule has 2 rings (SSSR count). The van der Waals surface area contributed by atoms with E-state index < -0.39 is 11.8 Å². The largest absolute Gasteiger partial charge is 0.494 e. The van der Waals surface area contributed by atoms with E-state index in [-0.39, 0.29) is 0 Å². The fourth-order valence-electron chi connectivity index (χ4n) is 2.23. The van der Waals surface area contributed by atoms with Crippen molar-refractivity contribution in [2.24, 2.45) is 5.10 Å². The zero-order chi connectivity index (χ0) is 19.5. The number of hydrazone groups is 1. The predicted molar refractivity (Wildman–Crippen MR) is 107 cm³/mol. The fourth-order valence-corrected chi connectivity index (χ4v) is 2.23. The minimum atomic E-state index is -0.831. The summed E-state index contributed by atoms with van der Waals surface area (Å²) in [6.45, 7) is 4.80. The Kier molecular flexibility index (Phi) is 8.03. The Hall–Kier alpha value is -3.15. The summed E-state index contributed by atoms with van der Waals surface area (Å²) in [5.74, 6) is -0.806. The molecule has 27 heavy (non-hydrogen) atoms. The lowest BCUT2D eigenvalue weighted by molar-refractivity contribution is -0.136. The molecule has 6 nitrogen and oxygen atoms in total. The first-order chi connectivity index (χ1) is 13.1. The number of hydrogen-bond donors (Lipinski definition) is 2. The van der Waals surface area contributed by atoms with Crippen LogP contribution in [0.1, 0.15) is 37.3 Å². The van der Waals surface area contributed by atoms with Crippen LogP contribution in [0.15, 0.2) is 53.6 Å². The molecule has 0 atom stereocenters. The molecule has 0 aliphatic heterocycles. The van der Waals surface area contributed by atoms with Gasteiger partial charge in [-0.1, -0.05) is 37.5 Å². The fraction of sp³-hybridized carbons (Fsp3) is 0.286. The normalized spacial score (nSPS) is 10.6. The van der Waals surface area contributed by atoms with Crippen LogP contribution in [0.4, 0.5) is 5.69 Å². The average Bonchev–Trinajstić information content (AvgIpc) is 2.68. The van der Waals surface area contributed by atoms with Crippen molar-refractivity contribution in [2.75, 3.05) is 11.9 Å². The van der Waals surface area contributed by atoms with Gasteiger partial charge in [-0.3, -0.25) is 9.59 Å². The van der Waals surface area contributed by atoms with Gasteiger partial charge in [0.25, 0.3) is 0 Å². The molecule has 0 aromatic heterocycles. The first-order valence-electron chi connectivity index (χ1n) is 9.02. The van der Waals surface area contributed by atoms with E-state index in [1.54, 1.807) is 12.1 Å². The quantitative estimate of drug-likeness (QED) is 0.323. The van der Waals surface area contributed by atoms with Gasteiger partial charge in [0.2, 0.25) is 0 Å². The topological polar surface area (TPSA) is 79.8 Å². The Labute approximate surface area is 159 Å². The van der Waals surface area contributed by atoms with Crippen molar-refractivity contribution in [3.8, 4) is 5.75 Å². The smallest absolute Gasteiger partial charge is 0.329 e. The number of nitrogens with one attached hydrogen (secondary N) is 2. The van der Waals surface area contributed by atoms with Gasteiger partial charge in [0.05, 0.1) is 12.8 Å². The summed E-state index contributed by atoms with van der Waals surface area (Å²) < 4.78 is 5.63. The monoisotopic (exact) mass is 367 g/mol. The van der Waals surface area contributed by atoms with Gasteiger partial charge < -0.3 is 10.1 Å². The summed E-state index contributed by atoms with van der Waals surface area (Å²) in [4.78, 5) is 23.6. The van der Waals surface area contributed by atoms with Crippen LogP contribution in [0, 0.1) is 6.92 Å². The van der Waals surface area contributed by atoms with Crippen molar-refractivity contribution in [1.82, 2.24) is 5.43 Å². The number of anilines is 1. The van der Waals surface area contributed by atoms with Crippen molar-refractivity contribution in [3.63, 3.8) is 0 Å². The van der Waals surface area contributed by atoms with Crippen molar-refractivity contribution >= 4 is 23.7 Å². The number of hydrogen-bond acceptors (Lipinski definition) is 4. The van der Waals surface area contributed by atoms with E-state index in [4.69, 9.17) is 4.74 Å². The highest BCUT2D eigenvalue weighted by atomic mass is 16.5. The molecule has 0 aliphatic rings. The maximum Gasteiger partial charge on any atom is 0.329 e. The van der Waals surface area contributed by atoms with Gasteiger partial charge in [-0.15, -0.1) is 0 Å². The molecule has 142 valence electrons. The number of ether oxygens (including phenoxy) is 1. The summed E-state index contributed by atoms with van der Waals surface area (Å²) in [5, 5.41) is 6.32. The van der Waals surface area contributed by atoms with Crippen LogP contribution in [0.5, 0.6) is 5.75 Å². The highest BCUT2D eigenvalue weighted by molar-refractivity contribution is 6.39.